The van der Waals surface area contributed by atoms with Gasteiger partial charge in [0.15, 0.2) is 11.5 Å². The Bertz CT molecular complexity index is 2660. The number of carboxylic acids is 1. The minimum absolute atomic E-state index is 0.320. The number of carbonyl (C=O) groups is 1. The molecule has 13 heteroatoms. The van der Waals surface area contributed by atoms with Crippen molar-refractivity contribution in [3.8, 4) is 60.4 Å². The minimum atomic E-state index is -1.26. The van der Waals surface area contributed by atoms with Gasteiger partial charge in [-0.1, -0.05) is 76.6 Å². The lowest BCUT2D eigenvalue weighted by Gasteiger charge is -2.26. The van der Waals surface area contributed by atoms with E-state index in [2.05, 4.69) is 67.3 Å². The molecule has 0 aliphatic carbocycles. The number of aliphatic carboxylic acids is 1. The summed E-state index contributed by atoms with van der Waals surface area (Å²) in [5, 5.41) is 18.6. The van der Waals surface area contributed by atoms with Crippen LogP contribution in [0.5, 0.6) is 23.0 Å². The van der Waals surface area contributed by atoms with Crippen molar-refractivity contribution in [3.63, 3.8) is 0 Å². The number of anilines is 3. The molecule has 3 aromatic heterocycles. The van der Waals surface area contributed by atoms with E-state index in [0.717, 1.165) is 95.5 Å². The van der Waals surface area contributed by atoms with Gasteiger partial charge in [-0.25, -0.2) is 4.79 Å². The molecule has 1 N–H and O–H groups in total. The number of aromatic nitrogens is 2. The summed E-state index contributed by atoms with van der Waals surface area (Å²) in [6.07, 6.45) is 10.7. The summed E-state index contributed by atoms with van der Waals surface area (Å²) in [7, 11) is 0. The Labute approximate surface area is 379 Å². The molecule has 63 heavy (non-hydrogen) atoms. The number of benzene rings is 4. The third-order valence-electron chi connectivity index (χ3n) is 10.7. The van der Waals surface area contributed by atoms with Crippen LogP contribution in [0.3, 0.4) is 0 Å². The van der Waals surface area contributed by atoms with Gasteiger partial charge in [-0.3, -0.25) is 0 Å². The summed E-state index contributed by atoms with van der Waals surface area (Å²) >= 11 is 4.13. The molecule has 1 aliphatic heterocycles. The van der Waals surface area contributed by atoms with Gasteiger partial charge >= 0.3 is 5.97 Å². The van der Waals surface area contributed by atoms with Gasteiger partial charge in [0.05, 0.1) is 34.7 Å². The SMILES string of the molecule is CCCCCCOc1ccc(N(c2ccc(OCCCCCC)cc2)c2ccc(-c3sc(-c4ccc(-c5ccc(/C=C(/C#N)C(=O)O)s5)c5nsnc45)c4c3OCCO4)cc2)cc1. The number of ether oxygens (including phenoxy) is 4. The Hall–Kier alpha value is -6.20. The van der Waals surface area contributed by atoms with Crippen LogP contribution in [-0.2, 0) is 4.79 Å². The average molecular weight is 897 g/mol. The van der Waals surface area contributed by atoms with E-state index >= 15 is 0 Å². The van der Waals surface area contributed by atoms with Crippen molar-refractivity contribution in [3.05, 3.63) is 108 Å². The standard InChI is InChI=1S/C50H48N4O6S3/c1-3-5-7-9-27-57-38-19-15-36(16-20-38)54(37-17-21-39(22-18-37)58-28-10-8-6-4-2)35-13-11-33(12-14-35)48-46-47(60-30-29-59-46)49(62-48)42-25-24-41(44-45(42)53-63-52-44)43-26-23-40(61-43)31-34(32-51)50(55)56/h11-26,31H,3-10,27-30H2,1-2H3,(H,55,56)/b34-31-. The highest BCUT2D eigenvalue weighted by molar-refractivity contribution is 7.20. The van der Waals surface area contributed by atoms with Gasteiger partial charge in [0.2, 0.25) is 0 Å². The first-order valence-electron chi connectivity index (χ1n) is 21.4. The Morgan fingerprint density at radius 3 is 1.79 bits per heavy atom. The lowest BCUT2D eigenvalue weighted by molar-refractivity contribution is -0.132. The highest BCUT2D eigenvalue weighted by atomic mass is 32.1. The Balaban J connectivity index is 1.09. The lowest BCUT2D eigenvalue weighted by atomic mass is 10.0. The smallest absolute Gasteiger partial charge is 0.346 e. The van der Waals surface area contributed by atoms with Crippen LogP contribution in [-0.4, -0.2) is 46.3 Å². The largest absolute Gasteiger partial charge is 0.494 e. The van der Waals surface area contributed by atoms with Crippen molar-refractivity contribution < 1.29 is 28.8 Å². The van der Waals surface area contributed by atoms with E-state index in [1.807, 2.05) is 42.5 Å². The van der Waals surface area contributed by atoms with Crippen molar-refractivity contribution in [2.24, 2.45) is 0 Å². The summed E-state index contributed by atoms with van der Waals surface area (Å²) < 4.78 is 34.3. The Kier molecular flexibility index (Phi) is 14.3. The van der Waals surface area contributed by atoms with Crippen LogP contribution in [0.15, 0.2) is 103 Å². The highest BCUT2D eigenvalue weighted by Crippen LogP contribution is 2.55. The van der Waals surface area contributed by atoms with Crippen molar-refractivity contribution in [1.29, 1.82) is 5.26 Å². The molecule has 0 saturated heterocycles. The molecule has 0 atom stereocenters. The number of unbranched alkanes of at least 4 members (excludes halogenated alkanes) is 6. The van der Waals surface area contributed by atoms with Crippen LogP contribution in [0.2, 0.25) is 0 Å². The molecule has 0 unspecified atom stereocenters. The predicted octanol–water partition coefficient (Wildman–Crippen LogP) is 14.0. The number of fused-ring (bicyclic) bond motifs is 2. The normalized spacial score (nSPS) is 12.3. The highest BCUT2D eigenvalue weighted by Gasteiger charge is 2.29. The van der Waals surface area contributed by atoms with Crippen LogP contribution in [0.25, 0.3) is 48.4 Å². The zero-order valence-corrected chi connectivity index (χ0v) is 37.8. The van der Waals surface area contributed by atoms with Crippen molar-refractivity contribution >= 4 is 74.5 Å². The number of nitrogens with zero attached hydrogens (tertiary/aromatic N) is 4. The molecule has 0 spiro atoms. The maximum atomic E-state index is 11.4. The third kappa shape index (κ3) is 10.0. The van der Waals surface area contributed by atoms with Crippen LogP contribution >= 0.6 is 34.4 Å². The minimum Gasteiger partial charge on any atom is -0.494 e. The molecule has 0 fully saturated rings. The van der Waals surface area contributed by atoms with Crippen molar-refractivity contribution in [2.75, 3.05) is 31.3 Å². The number of hydrogen-bond acceptors (Lipinski definition) is 12. The molecule has 8 rings (SSSR count). The molecule has 1 aliphatic rings. The second kappa shape index (κ2) is 20.8. The molecule has 0 radical (unpaired) electrons. The van der Waals surface area contributed by atoms with Gasteiger partial charge in [-0.2, -0.15) is 14.0 Å². The average Bonchev–Trinajstić information content (AvgIpc) is 4.09. The fraction of sp³-hybridized carbons (Fsp3) is 0.280. The van der Waals surface area contributed by atoms with Gasteiger partial charge < -0.3 is 29.0 Å². The predicted molar refractivity (Wildman–Crippen MR) is 256 cm³/mol. The Morgan fingerprint density at radius 1 is 0.698 bits per heavy atom. The first kappa shape index (κ1) is 43.4. The van der Waals surface area contributed by atoms with Gasteiger partial charge in [-0.05, 0) is 97.3 Å². The summed E-state index contributed by atoms with van der Waals surface area (Å²) in [6, 6.07) is 34.7. The first-order valence-corrected chi connectivity index (χ1v) is 23.8. The van der Waals surface area contributed by atoms with E-state index in [1.165, 1.54) is 55.9 Å². The lowest BCUT2D eigenvalue weighted by Crippen LogP contribution is -2.14. The van der Waals surface area contributed by atoms with Crippen LogP contribution in [0.1, 0.15) is 70.1 Å². The number of carboxylic acid groups (broad SMARTS) is 1. The molecule has 7 aromatic rings. The van der Waals surface area contributed by atoms with Crippen LogP contribution in [0, 0.1) is 11.3 Å². The summed E-state index contributed by atoms with van der Waals surface area (Å²) in [4.78, 5) is 17.1. The molecule has 0 saturated carbocycles. The maximum absolute atomic E-state index is 11.4. The van der Waals surface area contributed by atoms with E-state index in [9.17, 15) is 15.2 Å². The summed E-state index contributed by atoms with van der Waals surface area (Å²) in [6.45, 7) is 6.72. The second-order valence-electron chi connectivity index (χ2n) is 15.1. The van der Waals surface area contributed by atoms with Crippen molar-refractivity contribution in [1.82, 2.24) is 8.75 Å². The third-order valence-corrected chi connectivity index (χ3v) is 13.5. The number of rotatable bonds is 20. The van der Waals surface area contributed by atoms with E-state index in [0.29, 0.717) is 42.8 Å². The molecule has 4 heterocycles. The zero-order chi connectivity index (χ0) is 43.5. The van der Waals surface area contributed by atoms with Crippen LogP contribution < -0.4 is 23.8 Å². The molecular formula is C50H48N4O6S3. The topological polar surface area (TPSA) is 127 Å². The van der Waals surface area contributed by atoms with Crippen LogP contribution in [0.4, 0.5) is 17.1 Å². The maximum Gasteiger partial charge on any atom is 0.346 e. The summed E-state index contributed by atoms with van der Waals surface area (Å²) in [5.41, 5.74) is 6.92. The second-order valence-corrected chi connectivity index (χ2v) is 17.8. The molecule has 0 amide bonds. The quantitative estimate of drug-likeness (QED) is 0.0449. The van der Waals surface area contributed by atoms with E-state index in [4.69, 9.17) is 27.7 Å². The van der Waals surface area contributed by atoms with Crippen molar-refractivity contribution in [2.45, 2.75) is 65.2 Å². The first-order chi connectivity index (χ1) is 30.9. The molecule has 10 nitrogen and oxygen atoms in total. The number of nitriles is 1. The number of thiophene rings is 2. The summed E-state index contributed by atoms with van der Waals surface area (Å²) in [5.74, 6) is 1.86. The molecule has 322 valence electrons. The van der Waals surface area contributed by atoms with E-state index in [-0.39, 0.29) is 5.57 Å². The molecule has 0 bridgehead atoms. The molecule has 4 aromatic carbocycles. The van der Waals surface area contributed by atoms with E-state index in [1.54, 1.807) is 23.5 Å². The fourth-order valence-electron chi connectivity index (χ4n) is 7.46. The Morgan fingerprint density at radius 2 is 1.24 bits per heavy atom. The number of hydrogen-bond donors (Lipinski definition) is 1. The fourth-order valence-corrected chi connectivity index (χ4v) is 10.2. The monoisotopic (exact) mass is 896 g/mol. The van der Waals surface area contributed by atoms with Gasteiger partial charge in [0.1, 0.15) is 47.4 Å². The van der Waals surface area contributed by atoms with Gasteiger partial charge in [0.25, 0.3) is 0 Å². The van der Waals surface area contributed by atoms with Gasteiger partial charge in [0, 0.05) is 37.9 Å². The van der Waals surface area contributed by atoms with Gasteiger partial charge in [-0.15, -0.1) is 22.7 Å². The molecular weight excluding hydrogens is 849 g/mol. The zero-order valence-electron chi connectivity index (χ0n) is 35.3. The van der Waals surface area contributed by atoms with E-state index < -0.39 is 5.97 Å².